The van der Waals surface area contributed by atoms with Gasteiger partial charge in [-0.15, -0.1) is 0 Å². The number of benzene rings is 4. The minimum Gasteiger partial charge on any atom is -0.453 e. The quantitative estimate of drug-likeness (QED) is 0.152. The summed E-state index contributed by atoms with van der Waals surface area (Å²) in [4.78, 5) is 41.8. The maximum Gasteiger partial charge on any atom is 0.410 e. The van der Waals surface area contributed by atoms with Crippen molar-refractivity contribution < 1.29 is 28.6 Å². The summed E-state index contributed by atoms with van der Waals surface area (Å²) in [5.74, 6) is -0.879. The lowest BCUT2D eigenvalue weighted by atomic mass is 9.84. The third-order valence-electron chi connectivity index (χ3n) is 8.96. The van der Waals surface area contributed by atoms with Gasteiger partial charge in [0.15, 0.2) is 0 Å². The molecule has 52 heavy (non-hydrogen) atoms. The zero-order chi connectivity index (χ0) is 37.1. The average molecular weight is 726 g/mol. The Bertz CT molecular complexity index is 1720. The molecule has 0 spiro atoms. The predicted octanol–water partition coefficient (Wildman–Crippen LogP) is 8.41. The molecule has 1 saturated heterocycles. The number of para-hydroxylation sites is 1. The fraction of sp³-hybridized carbons (Fsp3) is 0.357. The van der Waals surface area contributed by atoms with Crippen LogP contribution in [0.3, 0.4) is 0 Å². The summed E-state index contributed by atoms with van der Waals surface area (Å²) in [5.41, 5.74) is 3.79. The molecule has 0 radical (unpaired) electrons. The lowest BCUT2D eigenvalue weighted by molar-refractivity contribution is -0.118. The van der Waals surface area contributed by atoms with E-state index in [1.165, 1.54) is 7.11 Å². The average Bonchev–Trinajstić information content (AvgIpc) is 3.14. The van der Waals surface area contributed by atoms with Crippen molar-refractivity contribution >= 4 is 35.4 Å². The molecule has 0 bridgehead atoms. The Morgan fingerprint density at radius 1 is 0.808 bits per heavy atom. The number of alkyl carbamates (subject to hydrolysis) is 1. The maximum atomic E-state index is 14.2. The Hall–Kier alpha value is -4.86. The highest BCUT2D eigenvalue weighted by Gasteiger charge is 2.35. The molecule has 4 aromatic carbocycles. The number of carbonyl (C=O) groups excluding carboxylic acids is 3. The number of amides is 3. The van der Waals surface area contributed by atoms with Gasteiger partial charge in [0.2, 0.25) is 5.91 Å². The smallest absolute Gasteiger partial charge is 0.410 e. The maximum absolute atomic E-state index is 14.2. The SMILES string of the molecule is COC(=O)N[C@H](C(=O)Nc1ccccc1CC[C@@H]1CN(C(=O)OC(C)(C)C)C[C@@H](CCc2ccc(Cl)cc2)O1)C(c1ccccc1)c1ccccc1. The first-order valence-electron chi connectivity index (χ1n) is 17.7. The molecule has 1 fully saturated rings. The van der Waals surface area contributed by atoms with Gasteiger partial charge in [0.25, 0.3) is 0 Å². The molecule has 0 aliphatic carbocycles. The van der Waals surface area contributed by atoms with Gasteiger partial charge < -0.3 is 29.7 Å². The van der Waals surface area contributed by atoms with Crippen molar-refractivity contribution in [3.8, 4) is 0 Å². The zero-order valence-corrected chi connectivity index (χ0v) is 31.0. The molecule has 0 saturated carbocycles. The minimum absolute atomic E-state index is 0.185. The summed E-state index contributed by atoms with van der Waals surface area (Å²) in [6.07, 6.45) is 1.17. The van der Waals surface area contributed by atoms with Gasteiger partial charge in [-0.05, 0) is 86.9 Å². The number of nitrogens with zero attached hydrogens (tertiary/aromatic N) is 1. The standard InChI is InChI=1S/C42H48ClN3O6/c1-42(2,3)52-41(49)46-27-34(25-21-29-19-23-33(43)24-20-29)51-35(28-46)26-22-30-13-11-12-18-36(30)44-39(47)38(45-40(48)50-4)37(31-14-7-5-8-15-31)32-16-9-6-10-17-32/h5-20,23-24,34-35,37-38H,21-22,25-28H2,1-4H3,(H,44,47)(H,45,48)/t34-,35-,38+/m1/s1. The Morgan fingerprint density at radius 2 is 1.37 bits per heavy atom. The number of carbonyl (C=O) groups is 3. The predicted molar refractivity (Wildman–Crippen MR) is 204 cm³/mol. The van der Waals surface area contributed by atoms with Crippen LogP contribution in [-0.2, 0) is 31.8 Å². The second-order valence-electron chi connectivity index (χ2n) is 14.0. The van der Waals surface area contributed by atoms with Gasteiger partial charge in [0.05, 0.1) is 32.4 Å². The van der Waals surface area contributed by atoms with Gasteiger partial charge in [-0.2, -0.15) is 0 Å². The molecule has 0 aromatic heterocycles. The van der Waals surface area contributed by atoms with Gasteiger partial charge in [-0.25, -0.2) is 9.59 Å². The number of halogens is 1. The van der Waals surface area contributed by atoms with Crippen LogP contribution in [0.1, 0.15) is 61.8 Å². The van der Waals surface area contributed by atoms with Crippen LogP contribution in [0.4, 0.5) is 15.3 Å². The first-order chi connectivity index (χ1) is 25.0. The van der Waals surface area contributed by atoms with Crippen LogP contribution in [0.2, 0.25) is 5.02 Å². The Labute approximate surface area is 311 Å². The third-order valence-corrected chi connectivity index (χ3v) is 9.21. The summed E-state index contributed by atoms with van der Waals surface area (Å²) in [5, 5.41) is 6.60. The van der Waals surface area contributed by atoms with E-state index < -0.39 is 23.7 Å². The largest absolute Gasteiger partial charge is 0.453 e. The first kappa shape index (κ1) is 38.4. The monoisotopic (exact) mass is 725 g/mol. The number of methoxy groups -OCH3 is 1. The molecule has 2 N–H and O–H groups in total. The number of nitrogens with one attached hydrogen (secondary N) is 2. The molecule has 3 atom stereocenters. The van der Waals surface area contributed by atoms with Crippen LogP contribution in [0.15, 0.2) is 109 Å². The number of rotatable bonds is 12. The lowest BCUT2D eigenvalue weighted by Crippen LogP contribution is -2.51. The summed E-state index contributed by atoms with van der Waals surface area (Å²) in [7, 11) is 1.28. The van der Waals surface area contributed by atoms with Gasteiger partial charge in [-0.1, -0.05) is 103 Å². The molecule has 5 rings (SSSR count). The number of morpholine rings is 1. The molecule has 10 heteroatoms. The van der Waals surface area contributed by atoms with Crippen molar-refractivity contribution in [2.75, 3.05) is 25.5 Å². The first-order valence-corrected chi connectivity index (χ1v) is 18.1. The minimum atomic E-state index is -0.990. The van der Waals surface area contributed by atoms with Crippen molar-refractivity contribution in [1.82, 2.24) is 10.2 Å². The van der Waals surface area contributed by atoms with Crippen LogP contribution < -0.4 is 10.6 Å². The van der Waals surface area contributed by atoms with Crippen molar-refractivity contribution in [3.63, 3.8) is 0 Å². The van der Waals surface area contributed by atoms with E-state index >= 15 is 0 Å². The summed E-state index contributed by atoms with van der Waals surface area (Å²) >= 11 is 6.09. The van der Waals surface area contributed by atoms with Crippen LogP contribution in [0.25, 0.3) is 0 Å². The highest BCUT2D eigenvalue weighted by atomic mass is 35.5. The van der Waals surface area contributed by atoms with Crippen LogP contribution in [0.5, 0.6) is 0 Å². The van der Waals surface area contributed by atoms with Crippen LogP contribution >= 0.6 is 11.6 Å². The number of aryl methyl sites for hydroxylation is 2. The van der Waals surface area contributed by atoms with Gasteiger partial charge in [0, 0.05) is 16.6 Å². The Balaban J connectivity index is 1.33. The van der Waals surface area contributed by atoms with E-state index in [1.807, 2.05) is 130 Å². The van der Waals surface area contributed by atoms with E-state index in [0.29, 0.717) is 36.6 Å². The fourth-order valence-electron chi connectivity index (χ4n) is 6.47. The topological polar surface area (TPSA) is 106 Å². The third kappa shape index (κ3) is 11.1. The van der Waals surface area contributed by atoms with E-state index in [1.54, 1.807) is 4.90 Å². The number of ether oxygens (including phenoxy) is 3. The Kier molecular flexibility index (Phi) is 13.3. The molecule has 1 aliphatic rings. The molecule has 4 aromatic rings. The number of anilines is 1. The van der Waals surface area contributed by atoms with E-state index in [2.05, 4.69) is 10.6 Å². The summed E-state index contributed by atoms with van der Waals surface area (Å²) < 4.78 is 17.3. The van der Waals surface area contributed by atoms with Gasteiger partial charge in [-0.3, -0.25) is 4.79 Å². The van der Waals surface area contributed by atoms with E-state index in [0.717, 1.165) is 35.1 Å². The zero-order valence-electron chi connectivity index (χ0n) is 30.2. The lowest BCUT2D eigenvalue weighted by Gasteiger charge is -2.39. The van der Waals surface area contributed by atoms with Crippen molar-refractivity contribution in [2.45, 2.75) is 76.2 Å². The molecular weight excluding hydrogens is 678 g/mol. The molecule has 274 valence electrons. The Morgan fingerprint density at radius 3 is 1.94 bits per heavy atom. The van der Waals surface area contributed by atoms with E-state index in [9.17, 15) is 14.4 Å². The molecule has 0 unspecified atom stereocenters. The van der Waals surface area contributed by atoms with Crippen molar-refractivity contribution in [3.05, 3.63) is 136 Å². The number of hydrogen-bond acceptors (Lipinski definition) is 6. The normalized spacial score (nSPS) is 16.5. The van der Waals surface area contributed by atoms with Crippen molar-refractivity contribution in [1.29, 1.82) is 0 Å². The van der Waals surface area contributed by atoms with Gasteiger partial charge in [0.1, 0.15) is 11.6 Å². The van der Waals surface area contributed by atoms with Gasteiger partial charge >= 0.3 is 12.2 Å². The number of hydrogen-bond donors (Lipinski definition) is 2. The van der Waals surface area contributed by atoms with Crippen LogP contribution in [-0.4, -0.2) is 67.0 Å². The fourth-order valence-corrected chi connectivity index (χ4v) is 6.59. The second kappa shape index (κ2) is 18.1. The summed E-state index contributed by atoms with van der Waals surface area (Å²) in [6, 6.07) is 33.6. The van der Waals surface area contributed by atoms with Crippen molar-refractivity contribution in [2.24, 2.45) is 0 Å². The van der Waals surface area contributed by atoms with Crippen LogP contribution in [0, 0.1) is 0 Å². The molecule has 9 nitrogen and oxygen atoms in total. The molecular formula is C42H48ClN3O6. The summed E-state index contributed by atoms with van der Waals surface area (Å²) in [6.45, 7) is 6.41. The molecule has 3 amide bonds. The van der Waals surface area contributed by atoms with E-state index in [-0.39, 0.29) is 24.2 Å². The second-order valence-corrected chi connectivity index (χ2v) is 14.5. The molecule has 1 heterocycles. The van der Waals surface area contributed by atoms with E-state index in [4.69, 9.17) is 25.8 Å². The highest BCUT2D eigenvalue weighted by Crippen LogP contribution is 2.30. The molecule has 1 aliphatic heterocycles. The highest BCUT2D eigenvalue weighted by molar-refractivity contribution is 6.30.